The summed E-state index contributed by atoms with van der Waals surface area (Å²) in [6.45, 7) is 2.40. The Morgan fingerprint density at radius 2 is 1.89 bits per heavy atom. The average molecular weight is 365 g/mol. The molecule has 0 spiro atoms. The summed E-state index contributed by atoms with van der Waals surface area (Å²) in [7, 11) is 1.85. The predicted octanol–water partition coefficient (Wildman–Crippen LogP) is 4.08. The van der Waals surface area contributed by atoms with Crippen molar-refractivity contribution in [2.45, 2.75) is 51.5 Å². The van der Waals surface area contributed by atoms with Crippen LogP contribution >= 0.6 is 0 Å². The van der Waals surface area contributed by atoms with Crippen molar-refractivity contribution < 1.29 is 9.59 Å². The first-order valence-corrected chi connectivity index (χ1v) is 10.0. The zero-order valence-corrected chi connectivity index (χ0v) is 16.1. The largest absolute Gasteiger partial charge is 0.335 e. The predicted molar refractivity (Wildman–Crippen MR) is 105 cm³/mol. The molecule has 2 unspecified atom stereocenters. The van der Waals surface area contributed by atoms with E-state index >= 15 is 0 Å². The third-order valence-electron chi connectivity index (χ3n) is 6.22. The SMILES string of the molecule is CC(=O)c1cccc(-c2c(C(=O)N3CCCC4CCCCC43)cnn2C)c1. The number of amides is 1. The van der Waals surface area contributed by atoms with Gasteiger partial charge in [-0.25, -0.2) is 0 Å². The summed E-state index contributed by atoms with van der Waals surface area (Å²) >= 11 is 0. The summed E-state index contributed by atoms with van der Waals surface area (Å²) in [5.41, 5.74) is 2.95. The summed E-state index contributed by atoms with van der Waals surface area (Å²) in [6.07, 6.45) is 8.88. The van der Waals surface area contributed by atoms with Crippen molar-refractivity contribution in [1.29, 1.82) is 0 Å². The van der Waals surface area contributed by atoms with Crippen LogP contribution in [-0.2, 0) is 7.05 Å². The highest BCUT2D eigenvalue weighted by atomic mass is 16.2. The Morgan fingerprint density at radius 1 is 1.11 bits per heavy atom. The molecule has 1 aromatic carbocycles. The second-order valence-corrected chi connectivity index (χ2v) is 7.92. The number of carbonyl (C=O) groups is 2. The van der Waals surface area contributed by atoms with Crippen LogP contribution in [0.1, 0.15) is 66.2 Å². The number of aromatic nitrogens is 2. The van der Waals surface area contributed by atoms with Gasteiger partial charge in [-0.1, -0.05) is 31.0 Å². The lowest BCUT2D eigenvalue weighted by molar-refractivity contribution is 0.0391. The Bertz CT molecular complexity index is 868. The van der Waals surface area contributed by atoms with E-state index in [1.807, 2.05) is 25.2 Å². The number of ketones is 1. The zero-order valence-electron chi connectivity index (χ0n) is 16.1. The van der Waals surface area contributed by atoms with E-state index in [9.17, 15) is 9.59 Å². The standard InChI is InChI=1S/C22H27N3O2/c1-15(26)17-8-5-9-18(13-17)21-19(14-23-24(21)2)22(27)25-12-6-10-16-7-3-4-11-20(16)25/h5,8-9,13-14,16,20H,3-4,6-7,10-12H2,1-2H3. The molecule has 1 amide bonds. The van der Waals surface area contributed by atoms with Crippen LogP contribution in [0, 0.1) is 5.92 Å². The topological polar surface area (TPSA) is 55.2 Å². The second kappa shape index (κ2) is 7.29. The van der Waals surface area contributed by atoms with Crippen LogP contribution in [0.3, 0.4) is 0 Å². The molecule has 5 heteroatoms. The van der Waals surface area contributed by atoms with Crippen LogP contribution in [0.5, 0.6) is 0 Å². The summed E-state index contributed by atoms with van der Waals surface area (Å²) in [5, 5.41) is 4.37. The van der Waals surface area contributed by atoms with Gasteiger partial charge >= 0.3 is 0 Å². The molecule has 0 bridgehead atoms. The minimum atomic E-state index is 0.0213. The molecule has 2 atom stereocenters. The number of aryl methyl sites for hydroxylation is 1. The lowest BCUT2D eigenvalue weighted by Crippen LogP contribution is -2.49. The van der Waals surface area contributed by atoms with Crippen LogP contribution < -0.4 is 0 Å². The molecule has 0 radical (unpaired) electrons. The van der Waals surface area contributed by atoms with Crippen molar-refractivity contribution >= 4 is 11.7 Å². The maximum atomic E-state index is 13.5. The fourth-order valence-electron chi connectivity index (χ4n) is 4.85. The van der Waals surface area contributed by atoms with Gasteiger partial charge in [0.25, 0.3) is 5.91 Å². The number of benzene rings is 1. The maximum absolute atomic E-state index is 13.5. The first-order valence-electron chi connectivity index (χ1n) is 10.0. The summed E-state index contributed by atoms with van der Waals surface area (Å²) in [5.74, 6) is 0.758. The van der Waals surface area contributed by atoms with Gasteiger partial charge in [0.2, 0.25) is 0 Å². The molecule has 1 aliphatic carbocycles. The number of hydrogen-bond acceptors (Lipinski definition) is 3. The molecule has 1 saturated heterocycles. The third kappa shape index (κ3) is 3.31. The van der Waals surface area contributed by atoms with Crippen LogP contribution in [0.15, 0.2) is 30.5 Å². The quantitative estimate of drug-likeness (QED) is 0.770. The van der Waals surface area contributed by atoms with E-state index in [0.29, 0.717) is 23.1 Å². The molecule has 5 nitrogen and oxygen atoms in total. The Kier molecular flexibility index (Phi) is 4.85. The molecule has 1 aromatic heterocycles. The Morgan fingerprint density at radius 3 is 2.70 bits per heavy atom. The highest BCUT2D eigenvalue weighted by Gasteiger charge is 2.37. The number of fused-ring (bicyclic) bond motifs is 1. The summed E-state index contributed by atoms with van der Waals surface area (Å²) in [4.78, 5) is 27.4. The summed E-state index contributed by atoms with van der Waals surface area (Å²) < 4.78 is 1.74. The van der Waals surface area contributed by atoms with Gasteiger partial charge in [0.05, 0.1) is 17.5 Å². The first-order chi connectivity index (χ1) is 13.1. The molecular weight excluding hydrogens is 338 g/mol. The van der Waals surface area contributed by atoms with Gasteiger partial charge < -0.3 is 4.90 Å². The van der Waals surface area contributed by atoms with Crippen LogP contribution in [0.25, 0.3) is 11.3 Å². The molecule has 1 saturated carbocycles. The molecule has 2 aromatic rings. The van der Waals surface area contributed by atoms with Gasteiger partial charge in [-0.3, -0.25) is 14.3 Å². The van der Waals surface area contributed by atoms with E-state index in [4.69, 9.17) is 0 Å². The van der Waals surface area contributed by atoms with Crippen molar-refractivity contribution in [3.05, 3.63) is 41.6 Å². The van der Waals surface area contributed by atoms with E-state index in [1.165, 1.54) is 25.7 Å². The van der Waals surface area contributed by atoms with E-state index in [1.54, 1.807) is 23.9 Å². The zero-order chi connectivity index (χ0) is 19.0. The van der Waals surface area contributed by atoms with Gasteiger partial charge in [-0.15, -0.1) is 0 Å². The van der Waals surface area contributed by atoms with Gasteiger partial charge in [-0.2, -0.15) is 5.10 Å². The van der Waals surface area contributed by atoms with Crippen LogP contribution in [-0.4, -0.2) is 39.0 Å². The van der Waals surface area contributed by atoms with Crippen molar-refractivity contribution in [3.8, 4) is 11.3 Å². The number of hydrogen-bond donors (Lipinski definition) is 0. The number of likely N-dealkylation sites (tertiary alicyclic amines) is 1. The minimum absolute atomic E-state index is 0.0213. The van der Waals surface area contributed by atoms with Gasteiger partial charge in [-0.05, 0) is 44.6 Å². The van der Waals surface area contributed by atoms with Crippen LogP contribution in [0.2, 0.25) is 0 Å². The lowest BCUT2D eigenvalue weighted by Gasteiger charge is -2.44. The fourth-order valence-corrected chi connectivity index (χ4v) is 4.85. The highest BCUT2D eigenvalue weighted by molar-refractivity contribution is 6.01. The third-order valence-corrected chi connectivity index (χ3v) is 6.22. The van der Waals surface area contributed by atoms with Crippen molar-refractivity contribution in [3.63, 3.8) is 0 Å². The molecular formula is C22H27N3O2. The summed E-state index contributed by atoms with van der Waals surface area (Å²) in [6, 6.07) is 7.85. The Hall–Kier alpha value is -2.43. The minimum Gasteiger partial charge on any atom is -0.335 e. The molecule has 1 aliphatic heterocycles. The van der Waals surface area contributed by atoms with Crippen LogP contribution in [0.4, 0.5) is 0 Å². The van der Waals surface area contributed by atoms with Crippen molar-refractivity contribution in [2.75, 3.05) is 6.54 Å². The van der Waals surface area contributed by atoms with Gasteiger partial charge in [0, 0.05) is 30.8 Å². The Labute approximate surface area is 160 Å². The van der Waals surface area contributed by atoms with E-state index in [0.717, 1.165) is 30.6 Å². The number of piperidine rings is 1. The molecule has 2 heterocycles. The molecule has 0 N–H and O–H groups in total. The van der Waals surface area contributed by atoms with Crippen molar-refractivity contribution in [2.24, 2.45) is 13.0 Å². The number of nitrogens with zero attached hydrogens (tertiary/aromatic N) is 3. The highest BCUT2D eigenvalue weighted by Crippen LogP contribution is 2.37. The average Bonchev–Trinajstić information content (AvgIpc) is 3.08. The number of carbonyl (C=O) groups excluding carboxylic acids is 2. The second-order valence-electron chi connectivity index (χ2n) is 7.92. The van der Waals surface area contributed by atoms with Gasteiger partial charge in [0.15, 0.2) is 5.78 Å². The number of Topliss-reactive ketones (excluding diaryl/α,β-unsaturated/α-hetero) is 1. The van der Waals surface area contributed by atoms with E-state index in [2.05, 4.69) is 10.00 Å². The molecule has 2 aliphatic rings. The van der Waals surface area contributed by atoms with Crippen molar-refractivity contribution in [1.82, 2.24) is 14.7 Å². The first kappa shape index (κ1) is 18.0. The molecule has 2 fully saturated rings. The molecule has 142 valence electrons. The number of rotatable bonds is 3. The monoisotopic (exact) mass is 365 g/mol. The lowest BCUT2D eigenvalue weighted by atomic mass is 9.78. The maximum Gasteiger partial charge on any atom is 0.257 e. The van der Waals surface area contributed by atoms with E-state index < -0.39 is 0 Å². The smallest absolute Gasteiger partial charge is 0.257 e. The molecule has 4 rings (SSSR count). The molecule has 27 heavy (non-hydrogen) atoms. The fraction of sp³-hybridized carbons (Fsp3) is 0.500. The normalized spacial score (nSPS) is 22.4. The van der Waals surface area contributed by atoms with E-state index in [-0.39, 0.29) is 11.7 Å². The van der Waals surface area contributed by atoms with Gasteiger partial charge in [0.1, 0.15) is 0 Å². The Balaban J connectivity index is 1.70.